The van der Waals surface area contributed by atoms with E-state index in [9.17, 15) is 19.2 Å². The largest absolute Gasteiger partial charge is 0.454 e. The first-order valence-corrected chi connectivity index (χ1v) is 16.5. The van der Waals surface area contributed by atoms with Gasteiger partial charge in [-0.15, -0.1) is 0 Å². The number of esters is 1. The summed E-state index contributed by atoms with van der Waals surface area (Å²) < 4.78 is 5.42. The summed E-state index contributed by atoms with van der Waals surface area (Å²) in [5.41, 5.74) is 2.72. The van der Waals surface area contributed by atoms with Crippen LogP contribution >= 0.6 is 55.1 Å². The fraction of sp³-hybridized carbons (Fsp3) is 0.242. The first-order valence-electron chi connectivity index (χ1n) is 13.9. The number of hydrogen-bond acceptors (Lipinski definition) is 6. The number of imide groups is 1. The van der Waals surface area contributed by atoms with Gasteiger partial charge in [0.05, 0.1) is 34.3 Å². The second kappa shape index (κ2) is 11.4. The Morgan fingerprint density at radius 1 is 0.841 bits per heavy atom. The number of hydrogen-bond donors (Lipinski definition) is 0. The van der Waals surface area contributed by atoms with Crippen molar-refractivity contribution in [3.05, 3.63) is 94.0 Å². The van der Waals surface area contributed by atoms with Gasteiger partial charge < -0.3 is 4.74 Å². The van der Waals surface area contributed by atoms with Crippen LogP contribution in [0.15, 0.2) is 72.8 Å². The lowest BCUT2D eigenvalue weighted by molar-refractivity contribution is -0.123. The van der Waals surface area contributed by atoms with E-state index >= 15 is 0 Å². The topological polar surface area (TPSA) is 93.6 Å². The van der Waals surface area contributed by atoms with Crippen molar-refractivity contribution < 1.29 is 23.9 Å². The lowest BCUT2D eigenvalue weighted by atomic mass is 9.81. The molecule has 2 bridgehead atoms. The number of anilines is 1. The average Bonchev–Trinajstić information content (AvgIpc) is 3.64. The van der Waals surface area contributed by atoms with Crippen LogP contribution in [0.3, 0.4) is 0 Å². The standard InChI is InChI=1S/C33H22Br2Cl2N2O5/c34-29-22-12-23(30(29)35)28-27(22)31(41)39(32(28)42)19-8-3-15(4-9-19)25-13-21(20-11-18(37)7-10-24(20)38-25)33(43)44-14-26(40)16-1-5-17(36)6-2-16/h1-11,13,22-23,27-30H,12,14H2. The Hall–Kier alpha value is -3.11. The van der Waals surface area contributed by atoms with Gasteiger partial charge in [-0.3, -0.25) is 19.3 Å². The number of nitrogens with zero attached hydrogens (tertiary/aromatic N) is 2. The van der Waals surface area contributed by atoms with Gasteiger partial charge in [-0.1, -0.05) is 67.2 Å². The molecular weight excluding hydrogens is 735 g/mol. The van der Waals surface area contributed by atoms with Gasteiger partial charge in [-0.25, -0.2) is 9.78 Å². The summed E-state index contributed by atoms with van der Waals surface area (Å²) in [4.78, 5) is 59.2. The third-order valence-electron chi connectivity index (χ3n) is 8.90. The Labute approximate surface area is 279 Å². The molecule has 7 rings (SSSR count). The number of carbonyl (C=O) groups is 4. The number of rotatable bonds is 6. The molecule has 2 aliphatic carbocycles. The maximum Gasteiger partial charge on any atom is 0.339 e. The molecule has 222 valence electrons. The second-order valence-electron chi connectivity index (χ2n) is 11.3. The van der Waals surface area contributed by atoms with E-state index in [2.05, 4.69) is 31.9 Å². The van der Waals surface area contributed by atoms with Crippen LogP contribution in [-0.2, 0) is 14.3 Å². The van der Waals surface area contributed by atoms with E-state index in [-0.39, 0.29) is 56.5 Å². The lowest BCUT2D eigenvalue weighted by Gasteiger charge is -2.28. The molecular formula is C33H22Br2Cl2N2O5. The Kier molecular flexibility index (Phi) is 7.64. The monoisotopic (exact) mass is 754 g/mol. The second-order valence-corrected chi connectivity index (χ2v) is 14.3. The van der Waals surface area contributed by atoms with E-state index in [1.165, 1.54) is 4.90 Å². The fourth-order valence-corrected chi connectivity index (χ4v) is 9.00. The predicted molar refractivity (Wildman–Crippen MR) is 175 cm³/mol. The SMILES string of the molecule is O=C(COC(=O)c1cc(-c2ccc(N3C(=O)C4C5CC(C(Br)C5Br)C4C3=O)cc2)nc2ccc(Cl)cc12)c1ccc(Cl)cc1. The van der Waals surface area contributed by atoms with Crippen LogP contribution in [-0.4, -0.2) is 44.8 Å². The molecule has 2 heterocycles. The predicted octanol–water partition coefficient (Wildman–Crippen LogP) is 7.53. The summed E-state index contributed by atoms with van der Waals surface area (Å²) in [5.74, 6) is -1.73. The number of pyridine rings is 1. The minimum absolute atomic E-state index is 0.130. The Balaban J connectivity index is 1.16. The molecule has 0 N–H and O–H groups in total. The molecule has 1 aliphatic heterocycles. The number of ketones is 1. The van der Waals surface area contributed by atoms with Gasteiger partial charge in [0.15, 0.2) is 12.4 Å². The average molecular weight is 757 g/mol. The summed E-state index contributed by atoms with van der Waals surface area (Å²) in [7, 11) is 0. The van der Waals surface area contributed by atoms with E-state index in [0.29, 0.717) is 43.5 Å². The molecule has 7 nitrogen and oxygen atoms in total. The first-order chi connectivity index (χ1) is 21.1. The molecule has 3 fully saturated rings. The van der Waals surface area contributed by atoms with E-state index in [0.717, 1.165) is 6.42 Å². The highest BCUT2D eigenvalue weighted by molar-refractivity contribution is 9.12. The molecule has 1 saturated heterocycles. The number of amides is 2. The maximum absolute atomic E-state index is 13.5. The van der Waals surface area contributed by atoms with E-state index in [4.69, 9.17) is 32.9 Å². The van der Waals surface area contributed by atoms with Gasteiger partial charge >= 0.3 is 5.97 Å². The molecule has 6 unspecified atom stereocenters. The lowest BCUT2D eigenvalue weighted by Crippen LogP contribution is -2.37. The molecule has 0 radical (unpaired) electrons. The third-order valence-corrected chi connectivity index (χ3v) is 12.6. The number of aromatic nitrogens is 1. The van der Waals surface area contributed by atoms with Crippen molar-refractivity contribution in [2.24, 2.45) is 23.7 Å². The van der Waals surface area contributed by atoms with Crippen molar-refractivity contribution in [2.75, 3.05) is 11.5 Å². The summed E-state index contributed by atoms with van der Waals surface area (Å²) in [5, 5.41) is 1.39. The van der Waals surface area contributed by atoms with Gasteiger partial charge in [-0.2, -0.15) is 0 Å². The molecule has 2 saturated carbocycles. The fourth-order valence-electron chi connectivity index (χ4n) is 6.83. The normalized spacial score (nSPS) is 25.5. The Morgan fingerprint density at radius 3 is 2.09 bits per heavy atom. The molecule has 4 aromatic rings. The van der Waals surface area contributed by atoms with Crippen LogP contribution in [0.25, 0.3) is 22.2 Å². The Morgan fingerprint density at radius 2 is 1.45 bits per heavy atom. The number of ether oxygens (including phenoxy) is 1. The zero-order valence-electron chi connectivity index (χ0n) is 22.8. The van der Waals surface area contributed by atoms with Crippen LogP contribution in [0.1, 0.15) is 27.1 Å². The van der Waals surface area contributed by atoms with Gasteiger partial charge in [0.25, 0.3) is 0 Å². The van der Waals surface area contributed by atoms with Crippen molar-refractivity contribution in [1.29, 1.82) is 0 Å². The van der Waals surface area contributed by atoms with Crippen molar-refractivity contribution in [3.63, 3.8) is 0 Å². The van der Waals surface area contributed by atoms with Crippen LogP contribution in [0.2, 0.25) is 10.0 Å². The number of carbonyl (C=O) groups excluding carboxylic acids is 4. The quantitative estimate of drug-likeness (QED) is 0.0875. The van der Waals surface area contributed by atoms with Crippen molar-refractivity contribution in [2.45, 2.75) is 16.1 Å². The number of fused-ring (bicyclic) bond motifs is 6. The molecule has 6 atom stereocenters. The zero-order chi connectivity index (χ0) is 30.9. The van der Waals surface area contributed by atoms with Crippen molar-refractivity contribution in [3.8, 4) is 11.3 Å². The van der Waals surface area contributed by atoms with E-state index < -0.39 is 12.6 Å². The highest BCUT2D eigenvalue weighted by atomic mass is 79.9. The molecule has 2 amide bonds. The van der Waals surface area contributed by atoms with Gasteiger partial charge in [0, 0.05) is 36.2 Å². The summed E-state index contributed by atoms with van der Waals surface area (Å²) in [6, 6.07) is 19.9. The van der Waals surface area contributed by atoms with E-state index in [1.807, 2.05) is 0 Å². The molecule has 1 aromatic heterocycles. The van der Waals surface area contributed by atoms with Gasteiger partial charge in [0.2, 0.25) is 11.8 Å². The third kappa shape index (κ3) is 4.89. The number of Topliss-reactive ketones (excluding diaryl/α,β-unsaturated/α-hetero) is 1. The smallest absolute Gasteiger partial charge is 0.339 e. The van der Waals surface area contributed by atoms with Crippen LogP contribution in [0.5, 0.6) is 0 Å². The molecule has 3 aromatic carbocycles. The first kappa shape index (κ1) is 29.6. The highest BCUT2D eigenvalue weighted by Crippen LogP contribution is 2.60. The molecule has 3 aliphatic rings. The summed E-state index contributed by atoms with van der Waals surface area (Å²) in [6.45, 7) is -0.456. The highest BCUT2D eigenvalue weighted by Gasteiger charge is 2.66. The summed E-state index contributed by atoms with van der Waals surface area (Å²) >= 11 is 19.6. The van der Waals surface area contributed by atoms with Crippen LogP contribution in [0, 0.1) is 23.7 Å². The van der Waals surface area contributed by atoms with Crippen LogP contribution < -0.4 is 4.90 Å². The number of alkyl halides is 2. The van der Waals surface area contributed by atoms with Crippen molar-refractivity contribution in [1.82, 2.24) is 4.98 Å². The zero-order valence-corrected chi connectivity index (χ0v) is 27.4. The minimum Gasteiger partial charge on any atom is -0.454 e. The molecule has 11 heteroatoms. The molecule has 0 spiro atoms. The van der Waals surface area contributed by atoms with Crippen LogP contribution in [0.4, 0.5) is 5.69 Å². The van der Waals surface area contributed by atoms with Gasteiger partial charge in [-0.05, 0) is 78.9 Å². The Bertz CT molecular complexity index is 1840. The van der Waals surface area contributed by atoms with Crippen molar-refractivity contribution >= 4 is 95.2 Å². The minimum atomic E-state index is -0.704. The van der Waals surface area contributed by atoms with E-state index in [1.54, 1.807) is 72.8 Å². The van der Waals surface area contributed by atoms with Gasteiger partial charge in [0.1, 0.15) is 0 Å². The summed E-state index contributed by atoms with van der Waals surface area (Å²) in [6.07, 6.45) is 0.865. The number of halogens is 4. The molecule has 44 heavy (non-hydrogen) atoms. The number of benzene rings is 3. The maximum atomic E-state index is 13.5.